The van der Waals surface area contributed by atoms with Crippen molar-refractivity contribution in [3.05, 3.63) is 33.2 Å². The Bertz CT molecular complexity index is 502. The summed E-state index contributed by atoms with van der Waals surface area (Å²) in [7, 11) is 0. The molecule has 1 aromatic heterocycles. The highest BCUT2D eigenvalue weighted by Gasteiger charge is 2.18. The van der Waals surface area contributed by atoms with E-state index in [1.54, 1.807) is 0 Å². The molecule has 112 valence electrons. The smallest absolute Gasteiger partial charge is 0.255 e. The lowest BCUT2D eigenvalue weighted by Gasteiger charge is -2.24. The van der Waals surface area contributed by atoms with Crippen molar-refractivity contribution in [1.82, 2.24) is 9.88 Å². The molecule has 0 atom stereocenters. The highest BCUT2D eigenvalue weighted by Crippen LogP contribution is 2.23. The molecule has 0 amide bonds. The Morgan fingerprint density at radius 2 is 2.05 bits per heavy atom. The van der Waals surface area contributed by atoms with Gasteiger partial charge in [-0.05, 0) is 64.1 Å². The Morgan fingerprint density at radius 3 is 2.75 bits per heavy atom. The molecule has 1 aliphatic rings. The summed E-state index contributed by atoms with van der Waals surface area (Å²) in [6.45, 7) is 8.12. The first kappa shape index (κ1) is 15.3. The molecule has 0 radical (unpaired) electrons. The summed E-state index contributed by atoms with van der Waals surface area (Å²) in [5.74, 6) is 0. The summed E-state index contributed by atoms with van der Waals surface area (Å²) in [5, 5.41) is 3.40. The summed E-state index contributed by atoms with van der Waals surface area (Å²) in [4.78, 5) is 12.7. The average Bonchev–Trinajstić information content (AvgIpc) is 2.43. The fourth-order valence-electron chi connectivity index (χ4n) is 3.09. The molecule has 0 saturated carbocycles. The molecule has 20 heavy (non-hydrogen) atoms. The van der Waals surface area contributed by atoms with Crippen molar-refractivity contribution in [3.63, 3.8) is 0 Å². The maximum Gasteiger partial charge on any atom is 0.255 e. The van der Waals surface area contributed by atoms with E-state index in [1.165, 1.54) is 36.9 Å². The van der Waals surface area contributed by atoms with Crippen LogP contribution in [0.4, 0.5) is 0 Å². The third kappa shape index (κ3) is 3.32. The van der Waals surface area contributed by atoms with Gasteiger partial charge in [0.15, 0.2) is 0 Å². The van der Waals surface area contributed by atoms with Crippen molar-refractivity contribution in [3.8, 4) is 0 Å². The number of unbranched alkanes of at least 4 members (excludes halogenated alkanes) is 1. The number of hydrogen-bond acceptors (Lipinski definition) is 2. The minimum Gasteiger partial charge on any atom is -0.312 e. The van der Waals surface area contributed by atoms with Gasteiger partial charge < -0.3 is 9.88 Å². The standard InChI is InChI=1S/C17H28N2O/c1-4-5-10-18-12-15-11-14-8-6-7-9-16(14)19(13(2)3)17(15)20/h11,13,18H,4-10,12H2,1-3H3. The van der Waals surface area contributed by atoms with E-state index in [4.69, 9.17) is 0 Å². The number of aromatic nitrogens is 1. The second-order valence-corrected chi connectivity index (χ2v) is 6.15. The Labute approximate surface area is 122 Å². The van der Waals surface area contributed by atoms with Gasteiger partial charge in [-0.3, -0.25) is 4.79 Å². The number of fused-ring (bicyclic) bond motifs is 1. The quantitative estimate of drug-likeness (QED) is 0.810. The van der Waals surface area contributed by atoms with E-state index in [0.29, 0.717) is 6.54 Å². The molecule has 1 heterocycles. The highest BCUT2D eigenvalue weighted by molar-refractivity contribution is 5.29. The van der Waals surface area contributed by atoms with Gasteiger partial charge >= 0.3 is 0 Å². The molecule has 0 spiro atoms. The van der Waals surface area contributed by atoms with Crippen molar-refractivity contribution in [1.29, 1.82) is 0 Å². The summed E-state index contributed by atoms with van der Waals surface area (Å²) in [6, 6.07) is 2.42. The predicted octanol–water partition coefficient (Wildman–Crippen LogP) is 3.20. The second kappa shape index (κ2) is 7.07. The normalized spacial score (nSPS) is 14.6. The summed E-state index contributed by atoms with van der Waals surface area (Å²) in [6.07, 6.45) is 7.02. The molecule has 1 aromatic rings. The van der Waals surface area contributed by atoms with Crippen molar-refractivity contribution in [2.75, 3.05) is 6.54 Å². The zero-order valence-electron chi connectivity index (χ0n) is 13.2. The molecule has 0 unspecified atom stereocenters. The van der Waals surface area contributed by atoms with Gasteiger partial charge in [-0.15, -0.1) is 0 Å². The van der Waals surface area contributed by atoms with E-state index in [0.717, 1.165) is 24.9 Å². The van der Waals surface area contributed by atoms with Crippen LogP contribution in [0, 0.1) is 0 Å². The number of pyridine rings is 1. The molecule has 0 aliphatic heterocycles. The predicted molar refractivity (Wildman–Crippen MR) is 84.3 cm³/mol. The van der Waals surface area contributed by atoms with Crippen LogP contribution >= 0.6 is 0 Å². The van der Waals surface area contributed by atoms with E-state index >= 15 is 0 Å². The average molecular weight is 276 g/mol. The van der Waals surface area contributed by atoms with Crippen molar-refractivity contribution in [2.24, 2.45) is 0 Å². The topological polar surface area (TPSA) is 34.0 Å². The van der Waals surface area contributed by atoms with Crippen LogP contribution in [-0.2, 0) is 19.4 Å². The summed E-state index contributed by atoms with van der Waals surface area (Å²) < 4.78 is 2.03. The monoisotopic (exact) mass is 276 g/mol. The largest absolute Gasteiger partial charge is 0.312 e. The van der Waals surface area contributed by atoms with Gasteiger partial charge in [0.05, 0.1) is 0 Å². The van der Waals surface area contributed by atoms with Gasteiger partial charge in [-0.1, -0.05) is 13.3 Å². The maximum absolute atomic E-state index is 12.7. The number of aryl methyl sites for hydroxylation is 1. The molecule has 0 saturated heterocycles. The first-order valence-corrected chi connectivity index (χ1v) is 8.12. The number of hydrogen-bond donors (Lipinski definition) is 1. The second-order valence-electron chi connectivity index (χ2n) is 6.15. The first-order valence-electron chi connectivity index (χ1n) is 8.12. The van der Waals surface area contributed by atoms with Gasteiger partial charge in [0.25, 0.3) is 5.56 Å². The zero-order chi connectivity index (χ0) is 14.5. The van der Waals surface area contributed by atoms with Crippen LogP contribution in [0.25, 0.3) is 0 Å². The molecule has 1 aliphatic carbocycles. The van der Waals surface area contributed by atoms with Crippen LogP contribution < -0.4 is 10.9 Å². The van der Waals surface area contributed by atoms with E-state index in [1.807, 2.05) is 4.57 Å². The molecular formula is C17H28N2O. The fourth-order valence-corrected chi connectivity index (χ4v) is 3.09. The van der Waals surface area contributed by atoms with Crippen molar-refractivity contribution in [2.45, 2.75) is 71.9 Å². The van der Waals surface area contributed by atoms with Crippen LogP contribution in [0.15, 0.2) is 10.9 Å². The Morgan fingerprint density at radius 1 is 1.30 bits per heavy atom. The van der Waals surface area contributed by atoms with Crippen LogP contribution in [0.5, 0.6) is 0 Å². The third-order valence-electron chi connectivity index (χ3n) is 4.15. The molecule has 0 bridgehead atoms. The minimum absolute atomic E-state index is 0.213. The maximum atomic E-state index is 12.7. The summed E-state index contributed by atoms with van der Waals surface area (Å²) >= 11 is 0. The van der Waals surface area contributed by atoms with E-state index in [-0.39, 0.29) is 11.6 Å². The lowest BCUT2D eigenvalue weighted by atomic mass is 9.94. The number of rotatable bonds is 6. The minimum atomic E-state index is 0.213. The van der Waals surface area contributed by atoms with Gasteiger partial charge in [0.2, 0.25) is 0 Å². The molecule has 3 heteroatoms. The lowest BCUT2D eigenvalue weighted by Crippen LogP contribution is -2.33. The van der Waals surface area contributed by atoms with Crippen LogP contribution in [0.3, 0.4) is 0 Å². The zero-order valence-corrected chi connectivity index (χ0v) is 13.2. The molecular weight excluding hydrogens is 248 g/mol. The van der Waals surface area contributed by atoms with E-state index in [9.17, 15) is 4.79 Å². The van der Waals surface area contributed by atoms with E-state index in [2.05, 4.69) is 32.2 Å². The Hall–Kier alpha value is -1.09. The number of nitrogens with one attached hydrogen (secondary N) is 1. The highest BCUT2D eigenvalue weighted by atomic mass is 16.1. The SMILES string of the molecule is CCCCNCc1cc2c(n(C(C)C)c1=O)CCCC2. The molecule has 0 aromatic carbocycles. The van der Waals surface area contributed by atoms with Gasteiger partial charge in [0.1, 0.15) is 0 Å². The molecule has 0 fully saturated rings. The van der Waals surface area contributed by atoms with Crippen LogP contribution in [0.1, 0.15) is 69.3 Å². The molecule has 2 rings (SSSR count). The molecule has 3 nitrogen and oxygen atoms in total. The fraction of sp³-hybridized carbons (Fsp3) is 0.706. The Kier molecular flexibility index (Phi) is 5.41. The summed E-state index contributed by atoms with van der Waals surface area (Å²) in [5.41, 5.74) is 3.84. The van der Waals surface area contributed by atoms with Crippen molar-refractivity contribution < 1.29 is 0 Å². The van der Waals surface area contributed by atoms with Gasteiger partial charge in [0, 0.05) is 23.8 Å². The van der Waals surface area contributed by atoms with E-state index < -0.39 is 0 Å². The Balaban J connectivity index is 2.28. The van der Waals surface area contributed by atoms with Crippen molar-refractivity contribution >= 4 is 0 Å². The molecule has 1 N–H and O–H groups in total. The van der Waals surface area contributed by atoms with Crippen LogP contribution in [-0.4, -0.2) is 11.1 Å². The third-order valence-corrected chi connectivity index (χ3v) is 4.15. The van der Waals surface area contributed by atoms with Gasteiger partial charge in [-0.25, -0.2) is 0 Å². The number of nitrogens with zero attached hydrogens (tertiary/aromatic N) is 1. The lowest BCUT2D eigenvalue weighted by molar-refractivity contribution is 0.510. The van der Waals surface area contributed by atoms with Gasteiger partial charge in [-0.2, -0.15) is 0 Å². The first-order chi connectivity index (χ1) is 9.65. The van der Waals surface area contributed by atoms with Crippen LogP contribution in [0.2, 0.25) is 0 Å².